The Bertz CT molecular complexity index is 85.9. The van der Waals surface area contributed by atoms with Crippen molar-refractivity contribution in [3.63, 3.8) is 0 Å². The van der Waals surface area contributed by atoms with Gasteiger partial charge in [-0.3, -0.25) is 0 Å². The highest BCUT2D eigenvalue weighted by Crippen LogP contribution is 2.05. The molecule has 0 radical (unpaired) electrons. The zero-order valence-electron chi connectivity index (χ0n) is 8.73. The molecule has 0 spiro atoms. The Morgan fingerprint density at radius 3 is 2.50 bits per heavy atom. The van der Waals surface area contributed by atoms with Crippen molar-refractivity contribution in [3.05, 3.63) is 0 Å². The van der Waals surface area contributed by atoms with E-state index in [9.17, 15) is 0 Å². The Morgan fingerprint density at radius 1 is 1.25 bits per heavy atom. The Morgan fingerprint density at radius 2 is 2.00 bits per heavy atom. The highest BCUT2D eigenvalue weighted by molar-refractivity contribution is 4.62. The lowest BCUT2D eigenvalue weighted by atomic mass is 10.1. The summed E-state index contributed by atoms with van der Waals surface area (Å²) in [5.74, 6) is 0. The van der Waals surface area contributed by atoms with Gasteiger partial charge in [0.1, 0.15) is 0 Å². The van der Waals surface area contributed by atoms with E-state index in [2.05, 4.69) is 12.2 Å². The van der Waals surface area contributed by atoms with Crippen LogP contribution in [0.25, 0.3) is 0 Å². The molecule has 0 aromatic carbocycles. The molecular weight excluding hydrogens is 150 g/mol. The number of rotatable bonds is 8. The monoisotopic (exact) mass is 173 g/mol. The van der Waals surface area contributed by atoms with Crippen molar-refractivity contribution in [2.75, 3.05) is 20.8 Å². The van der Waals surface area contributed by atoms with Crippen molar-refractivity contribution < 1.29 is 4.74 Å². The van der Waals surface area contributed by atoms with Gasteiger partial charge in [0.2, 0.25) is 0 Å². The quantitative estimate of drug-likeness (QED) is 0.568. The van der Waals surface area contributed by atoms with E-state index in [0.717, 1.165) is 6.61 Å². The number of likely N-dealkylation sites (N-methyl/N-ethyl adjacent to an activating group) is 1. The number of hydrogen-bond acceptors (Lipinski definition) is 2. The second kappa shape index (κ2) is 9.01. The van der Waals surface area contributed by atoms with E-state index in [-0.39, 0.29) is 0 Å². The van der Waals surface area contributed by atoms with Crippen molar-refractivity contribution in [3.8, 4) is 0 Å². The van der Waals surface area contributed by atoms with E-state index in [0.29, 0.717) is 6.04 Å². The molecule has 0 aliphatic carbocycles. The van der Waals surface area contributed by atoms with Crippen LogP contribution in [-0.2, 0) is 4.74 Å². The minimum atomic E-state index is 0.548. The van der Waals surface area contributed by atoms with E-state index >= 15 is 0 Å². The molecule has 1 unspecified atom stereocenters. The van der Waals surface area contributed by atoms with E-state index < -0.39 is 0 Å². The minimum absolute atomic E-state index is 0.548. The van der Waals surface area contributed by atoms with Crippen molar-refractivity contribution in [2.45, 2.75) is 45.1 Å². The molecule has 0 aliphatic heterocycles. The van der Waals surface area contributed by atoms with Crippen LogP contribution in [0.2, 0.25) is 0 Å². The molecule has 1 N–H and O–H groups in total. The summed E-state index contributed by atoms with van der Waals surface area (Å²) in [5.41, 5.74) is 0. The predicted octanol–water partition coefficient (Wildman–Crippen LogP) is 2.19. The SMILES string of the molecule is CCCCCCC(COC)NC. The van der Waals surface area contributed by atoms with Gasteiger partial charge in [0, 0.05) is 13.2 Å². The normalized spacial score (nSPS) is 13.2. The van der Waals surface area contributed by atoms with Crippen molar-refractivity contribution in [2.24, 2.45) is 0 Å². The van der Waals surface area contributed by atoms with Crippen molar-refractivity contribution in [1.29, 1.82) is 0 Å². The summed E-state index contributed by atoms with van der Waals surface area (Å²) in [6.45, 7) is 3.08. The first-order valence-corrected chi connectivity index (χ1v) is 5.01. The second-order valence-electron chi connectivity index (χ2n) is 3.29. The summed E-state index contributed by atoms with van der Waals surface area (Å²) < 4.78 is 5.09. The van der Waals surface area contributed by atoms with Gasteiger partial charge in [0.15, 0.2) is 0 Å². The van der Waals surface area contributed by atoms with Crippen LogP contribution in [0.1, 0.15) is 39.0 Å². The number of nitrogens with one attached hydrogen (secondary N) is 1. The Labute approximate surface area is 76.7 Å². The summed E-state index contributed by atoms with van der Waals surface area (Å²) in [5, 5.41) is 3.25. The largest absolute Gasteiger partial charge is 0.383 e. The third-order valence-electron chi connectivity index (χ3n) is 2.18. The van der Waals surface area contributed by atoms with E-state index in [1.807, 2.05) is 7.05 Å². The number of hydrogen-bond donors (Lipinski definition) is 1. The molecule has 2 nitrogen and oxygen atoms in total. The molecule has 74 valence electrons. The summed E-state index contributed by atoms with van der Waals surface area (Å²) in [4.78, 5) is 0. The van der Waals surface area contributed by atoms with Crippen LogP contribution in [-0.4, -0.2) is 26.8 Å². The van der Waals surface area contributed by atoms with Crippen LogP contribution in [0.15, 0.2) is 0 Å². The van der Waals surface area contributed by atoms with E-state index in [4.69, 9.17) is 4.74 Å². The summed E-state index contributed by atoms with van der Waals surface area (Å²) in [6.07, 6.45) is 6.60. The van der Waals surface area contributed by atoms with Gasteiger partial charge in [-0.2, -0.15) is 0 Å². The molecule has 1 atom stereocenters. The summed E-state index contributed by atoms with van der Waals surface area (Å²) in [7, 11) is 3.76. The Hall–Kier alpha value is -0.0800. The molecule has 0 heterocycles. The zero-order chi connectivity index (χ0) is 9.23. The molecule has 0 saturated carbocycles. The van der Waals surface area contributed by atoms with Gasteiger partial charge in [0.05, 0.1) is 6.61 Å². The van der Waals surface area contributed by atoms with Crippen LogP contribution < -0.4 is 5.32 Å². The van der Waals surface area contributed by atoms with Crippen LogP contribution in [0.5, 0.6) is 0 Å². The second-order valence-corrected chi connectivity index (χ2v) is 3.29. The molecular formula is C10H23NO. The summed E-state index contributed by atoms with van der Waals surface area (Å²) in [6, 6.07) is 0.548. The molecule has 0 amide bonds. The van der Waals surface area contributed by atoms with Crippen LogP contribution in [0.4, 0.5) is 0 Å². The smallest absolute Gasteiger partial charge is 0.0615 e. The van der Waals surface area contributed by atoms with Crippen LogP contribution in [0.3, 0.4) is 0 Å². The number of ether oxygens (including phenoxy) is 1. The molecule has 0 aromatic heterocycles. The van der Waals surface area contributed by atoms with E-state index in [1.165, 1.54) is 32.1 Å². The highest BCUT2D eigenvalue weighted by Gasteiger charge is 2.03. The van der Waals surface area contributed by atoms with Crippen molar-refractivity contribution in [1.82, 2.24) is 5.32 Å². The average Bonchev–Trinajstić information content (AvgIpc) is 2.10. The highest BCUT2D eigenvalue weighted by atomic mass is 16.5. The van der Waals surface area contributed by atoms with Crippen molar-refractivity contribution >= 4 is 0 Å². The first-order valence-electron chi connectivity index (χ1n) is 5.01. The van der Waals surface area contributed by atoms with Gasteiger partial charge in [0.25, 0.3) is 0 Å². The van der Waals surface area contributed by atoms with Gasteiger partial charge in [-0.15, -0.1) is 0 Å². The maximum Gasteiger partial charge on any atom is 0.0615 e. The van der Waals surface area contributed by atoms with Gasteiger partial charge in [-0.05, 0) is 13.5 Å². The topological polar surface area (TPSA) is 21.3 Å². The minimum Gasteiger partial charge on any atom is -0.383 e. The molecule has 0 bridgehead atoms. The van der Waals surface area contributed by atoms with Gasteiger partial charge < -0.3 is 10.1 Å². The Kier molecular flexibility index (Phi) is 8.95. The molecule has 0 aliphatic rings. The lowest BCUT2D eigenvalue weighted by Crippen LogP contribution is -2.29. The third-order valence-corrected chi connectivity index (χ3v) is 2.18. The van der Waals surface area contributed by atoms with Gasteiger partial charge >= 0.3 is 0 Å². The molecule has 0 fully saturated rings. The first-order chi connectivity index (χ1) is 5.85. The van der Waals surface area contributed by atoms with Crippen LogP contribution in [0, 0.1) is 0 Å². The predicted molar refractivity (Wildman–Crippen MR) is 53.5 cm³/mol. The number of methoxy groups -OCH3 is 1. The molecule has 0 aromatic rings. The fourth-order valence-electron chi connectivity index (χ4n) is 1.33. The molecule has 2 heteroatoms. The molecule has 0 saturated heterocycles. The summed E-state index contributed by atoms with van der Waals surface area (Å²) >= 11 is 0. The maximum absolute atomic E-state index is 5.09. The molecule has 0 rings (SSSR count). The van der Waals surface area contributed by atoms with Gasteiger partial charge in [-0.1, -0.05) is 32.6 Å². The van der Waals surface area contributed by atoms with Gasteiger partial charge in [-0.25, -0.2) is 0 Å². The van der Waals surface area contributed by atoms with Crippen LogP contribution >= 0.6 is 0 Å². The standard InChI is InChI=1S/C10H23NO/c1-4-5-6-7-8-10(11-2)9-12-3/h10-11H,4-9H2,1-3H3. The average molecular weight is 173 g/mol. The third kappa shape index (κ3) is 6.62. The number of unbranched alkanes of at least 4 members (excludes halogenated alkanes) is 3. The first kappa shape index (κ1) is 11.9. The van der Waals surface area contributed by atoms with E-state index in [1.54, 1.807) is 7.11 Å². The lowest BCUT2D eigenvalue weighted by Gasteiger charge is -2.14. The maximum atomic E-state index is 5.09. The fraction of sp³-hybridized carbons (Fsp3) is 1.00. The fourth-order valence-corrected chi connectivity index (χ4v) is 1.33. The zero-order valence-corrected chi connectivity index (χ0v) is 8.73. The Balaban J connectivity index is 3.19. The molecule has 12 heavy (non-hydrogen) atoms. The lowest BCUT2D eigenvalue weighted by molar-refractivity contribution is 0.164.